The van der Waals surface area contributed by atoms with Gasteiger partial charge in [0, 0.05) is 19.0 Å². The smallest absolute Gasteiger partial charge is 0.287 e. The number of nitrogens with zero attached hydrogens (tertiary/aromatic N) is 2. The highest BCUT2D eigenvalue weighted by molar-refractivity contribution is 5.94. The van der Waals surface area contributed by atoms with E-state index >= 15 is 0 Å². The molecule has 0 aromatic carbocycles. The lowest BCUT2D eigenvalue weighted by molar-refractivity contribution is -0.158. The van der Waals surface area contributed by atoms with Gasteiger partial charge in [-0.05, 0) is 31.4 Å². The zero-order valence-electron chi connectivity index (χ0n) is 11.6. The molecule has 1 aromatic rings. The van der Waals surface area contributed by atoms with Crippen LogP contribution in [0.4, 0.5) is 0 Å². The van der Waals surface area contributed by atoms with E-state index in [2.05, 4.69) is 5.32 Å². The Hall–Kier alpha value is -2.31. The van der Waals surface area contributed by atoms with Crippen LogP contribution in [-0.2, 0) is 9.59 Å². The summed E-state index contributed by atoms with van der Waals surface area (Å²) in [6.45, 7) is 0.953. The fourth-order valence-corrected chi connectivity index (χ4v) is 2.38. The zero-order chi connectivity index (χ0) is 14.8. The molecule has 0 radical (unpaired) electrons. The van der Waals surface area contributed by atoms with Crippen LogP contribution in [0, 0.1) is 5.92 Å². The number of hydrogen-bond donors (Lipinski definition) is 1. The van der Waals surface area contributed by atoms with Crippen molar-refractivity contribution < 1.29 is 18.8 Å². The molecule has 0 spiro atoms. The normalized spacial score (nSPS) is 17.9. The maximum Gasteiger partial charge on any atom is 0.287 e. The van der Waals surface area contributed by atoms with Gasteiger partial charge in [-0.2, -0.15) is 0 Å². The molecule has 0 bridgehead atoms. The lowest BCUT2D eigenvalue weighted by Crippen LogP contribution is -2.49. The van der Waals surface area contributed by atoms with Crippen LogP contribution in [0.1, 0.15) is 29.8 Å². The quantitative estimate of drug-likeness (QED) is 0.870. The number of furan rings is 1. The summed E-state index contributed by atoms with van der Waals surface area (Å²) in [7, 11) is 0. The SMILES string of the molecule is O=C(NCC(=O)N1CCCN1C(=O)C1CC1)c1ccco1. The molecule has 21 heavy (non-hydrogen) atoms. The minimum atomic E-state index is -0.437. The zero-order valence-corrected chi connectivity index (χ0v) is 11.6. The summed E-state index contributed by atoms with van der Waals surface area (Å²) in [5, 5.41) is 5.48. The number of hydrazine groups is 1. The van der Waals surface area contributed by atoms with Crippen molar-refractivity contribution in [2.75, 3.05) is 19.6 Å². The Labute approximate surface area is 121 Å². The van der Waals surface area contributed by atoms with E-state index in [1.807, 2.05) is 0 Å². The fraction of sp³-hybridized carbons (Fsp3) is 0.500. The van der Waals surface area contributed by atoms with Crippen molar-refractivity contribution in [3.63, 3.8) is 0 Å². The lowest BCUT2D eigenvalue weighted by Gasteiger charge is -2.28. The number of hydrogen-bond acceptors (Lipinski definition) is 4. The van der Waals surface area contributed by atoms with E-state index in [1.165, 1.54) is 22.3 Å². The van der Waals surface area contributed by atoms with Crippen molar-refractivity contribution in [1.29, 1.82) is 0 Å². The molecule has 1 aromatic heterocycles. The second-order valence-corrected chi connectivity index (χ2v) is 5.27. The molecular weight excluding hydrogens is 274 g/mol. The second kappa shape index (κ2) is 5.59. The Kier molecular flexibility index (Phi) is 3.64. The summed E-state index contributed by atoms with van der Waals surface area (Å²) in [6.07, 6.45) is 3.99. The van der Waals surface area contributed by atoms with E-state index in [9.17, 15) is 14.4 Å². The summed E-state index contributed by atoms with van der Waals surface area (Å²) in [4.78, 5) is 35.9. The molecule has 2 fully saturated rings. The Morgan fingerprint density at radius 2 is 2.00 bits per heavy atom. The predicted molar refractivity (Wildman–Crippen MR) is 71.8 cm³/mol. The molecular formula is C14H17N3O4. The van der Waals surface area contributed by atoms with Gasteiger partial charge in [-0.1, -0.05) is 0 Å². The van der Waals surface area contributed by atoms with Crippen LogP contribution >= 0.6 is 0 Å². The average Bonchev–Trinajstić information content (AvgIpc) is 3.01. The highest BCUT2D eigenvalue weighted by Crippen LogP contribution is 2.32. The van der Waals surface area contributed by atoms with Crippen LogP contribution in [0.5, 0.6) is 0 Å². The number of amides is 3. The van der Waals surface area contributed by atoms with Gasteiger partial charge in [0.25, 0.3) is 11.8 Å². The molecule has 7 nitrogen and oxygen atoms in total. The summed E-state index contributed by atoms with van der Waals surface area (Å²) in [6, 6.07) is 3.13. The number of carbonyl (C=O) groups is 3. The molecule has 2 aliphatic rings. The Morgan fingerprint density at radius 1 is 1.24 bits per heavy atom. The molecule has 1 aliphatic heterocycles. The van der Waals surface area contributed by atoms with Crippen molar-refractivity contribution >= 4 is 17.7 Å². The van der Waals surface area contributed by atoms with E-state index in [1.54, 1.807) is 6.07 Å². The molecule has 2 heterocycles. The Bertz CT molecular complexity index is 551. The number of carbonyl (C=O) groups excluding carboxylic acids is 3. The van der Waals surface area contributed by atoms with E-state index in [4.69, 9.17) is 4.42 Å². The van der Waals surface area contributed by atoms with Crippen LogP contribution in [0.25, 0.3) is 0 Å². The molecule has 1 saturated heterocycles. The monoisotopic (exact) mass is 291 g/mol. The fourth-order valence-electron chi connectivity index (χ4n) is 2.38. The summed E-state index contributed by atoms with van der Waals surface area (Å²) >= 11 is 0. The van der Waals surface area contributed by atoms with E-state index in [-0.39, 0.29) is 30.0 Å². The molecule has 1 N–H and O–H groups in total. The Morgan fingerprint density at radius 3 is 2.67 bits per heavy atom. The summed E-state index contributed by atoms with van der Waals surface area (Å²) in [5.74, 6) is -0.446. The highest BCUT2D eigenvalue weighted by atomic mass is 16.3. The third-order valence-electron chi connectivity index (χ3n) is 3.65. The molecule has 1 aliphatic carbocycles. The molecule has 3 rings (SSSR count). The van der Waals surface area contributed by atoms with Crippen molar-refractivity contribution in [3.05, 3.63) is 24.2 Å². The standard InChI is InChI=1S/C14H17N3O4/c18-12(9-15-13(19)11-3-1-8-21-11)16-6-2-7-17(16)14(20)10-4-5-10/h1,3,8,10H,2,4-7,9H2,(H,15,19). The minimum Gasteiger partial charge on any atom is -0.459 e. The van der Waals surface area contributed by atoms with Gasteiger partial charge in [-0.25, -0.2) is 5.01 Å². The van der Waals surface area contributed by atoms with Crippen LogP contribution in [0.2, 0.25) is 0 Å². The third kappa shape index (κ3) is 2.91. The Balaban J connectivity index is 1.54. The predicted octanol–water partition coefficient (Wildman–Crippen LogP) is 0.395. The first-order chi connectivity index (χ1) is 10.2. The van der Waals surface area contributed by atoms with Crippen molar-refractivity contribution in [3.8, 4) is 0 Å². The van der Waals surface area contributed by atoms with Crippen LogP contribution in [-0.4, -0.2) is 47.4 Å². The minimum absolute atomic E-state index is 0.0261. The molecule has 112 valence electrons. The third-order valence-corrected chi connectivity index (χ3v) is 3.65. The first-order valence-corrected chi connectivity index (χ1v) is 7.10. The number of rotatable bonds is 4. The lowest BCUT2D eigenvalue weighted by atomic mass is 10.4. The maximum absolute atomic E-state index is 12.2. The van der Waals surface area contributed by atoms with E-state index < -0.39 is 5.91 Å². The average molecular weight is 291 g/mol. The van der Waals surface area contributed by atoms with Gasteiger partial charge < -0.3 is 9.73 Å². The van der Waals surface area contributed by atoms with E-state index in [0.717, 1.165) is 19.3 Å². The van der Waals surface area contributed by atoms with Gasteiger partial charge in [-0.3, -0.25) is 19.4 Å². The first kappa shape index (κ1) is 13.7. The summed E-state index contributed by atoms with van der Waals surface area (Å²) < 4.78 is 4.95. The molecule has 3 amide bonds. The van der Waals surface area contributed by atoms with Crippen LogP contribution < -0.4 is 5.32 Å². The topological polar surface area (TPSA) is 82.9 Å². The molecule has 7 heteroatoms. The van der Waals surface area contributed by atoms with Gasteiger partial charge in [0.2, 0.25) is 5.91 Å². The van der Waals surface area contributed by atoms with Gasteiger partial charge in [0.05, 0.1) is 12.8 Å². The van der Waals surface area contributed by atoms with Gasteiger partial charge in [-0.15, -0.1) is 0 Å². The van der Waals surface area contributed by atoms with Crippen molar-refractivity contribution in [2.24, 2.45) is 5.92 Å². The highest BCUT2D eigenvalue weighted by Gasteiger charge is 2.39. The maximum atomic E-state index is 12.2. The van der Waals surface area contributed by atoms with Crippen molar-refractivity contribution in [2.45, 2.75) is 19.3 Å². The van der Waals surface area contributed by atoms with Crippen molar-refractivity contribution in [1.82, 2.24) is 15.3 Å². The molecule has 1 saturated carbocycles. The van der Waals surface area contributed by atoms with Gasteiger partial charge >= 0.3 is 0 Å². The van der Waals surface area contributed by atoms with Crippen LogP contribution in [0.15, 0.2) is 22.8 Å². The van der Waals surface area contributed by atoms with Gasteiger partial charge in [0.1, 0.15) is 0 Å². The molecule has 0 unspecified atom stereocenters. The number of nitrogens with one attached hydrogen (secondary N) is 1. The van der Waals surface area contributed by atoms with Gasteiger partial charge in [0.15, 0.2) is 5.76 Å². The molecule has 0 atom stereocenters. The largest absolute Gasteiger partial charge is 0.459 e. The second-order valence-electron chi connectivity index (χ2n) is 5.27. The summed E-state index contributed by atoms with van der Waals surface area (Å²) in [5.41, 5.74) is 0. The first-order valence-electron chi connectivity index (χ1n) is 7.10. The van der Waals surface area contributed by atoms with Crippen LogP contribution in [0.3, 0.4) is 0 Å². The van der Waals surface area contributed by atoms with E-state index in [0.29, 0.717) is 13.1 Å².